The number of urea groups is 1. The van der Waals surface area contributed by atoms with Gasteiger partial charge in [-0.25, -0.2) is 9.69 Å². The normalized spacial score (nSPS) is 14.7. The van der Waals surface area contributed by atoms with Crippen LogP contribution in [0.2, 0.25) is 5.02 Å². The molecular weight excluding hydrogens is 430 g/mol. The highest BCUT2D eigenvalue weighted by atomic mass is 35.5. The molecule has 1 aliphatic rings. The van der Waals surface area contributed by atoms with Gasteiger partial charge in [-0.2, -0.15) is 0 Å². The number of aryl methyl sites for hydroxylation is 1. The number of furan rings is 1. The molecule has 0 radical (unpaired) electrons. The summed E-state index contributed by atoms with van der Waals surface area (Å²) >= 11 is 6.02. The maximum absolute atomic E-state index is 12.7. The van der Waals surface area contributed by atoms with Crippen molar-refractivity contribution in [2.24, 2.45) is 0 Å². The third-order valence-corrected chi connectivity index (χ3v) is 5.19. The van der Waals surface area contributed by atoms with Crippen LogP contribution in [-0.2, 0) is 16.0 Å². The molecule has 0 bridgehead atoms. The summed E-state index contributed by atoms with van der Waals surface area (Å²) in [6.07, 6.45) is 2.17. The molecule has 1 aromatic heterocycles. The van der Waals surface area contributed by atoms with Crippen LogP contribution >= 0.6 is 11.6 Å². The number of benzene rings is 2. The average Bonchev–Trinajstić information content (AvgIpc) is 3.34. The minimum Gasteiger partial charge on any atom is -0.457 e. The minimum atomic E-state index is -0.665. The molecule has 0 atom stereocenters. The standard InChI is InChI=1S/C24H20ClN3O4/c1-2-15-6-3-4-9-19(15)26-22(29)14-28-23(30)20(27-24(28)31)13-18-10-11-21(32-18)16-7-5-8-17(25)12-16/h3-13H,2,14H2,1H3,(H,26,29)(H,27,31)/b20-13+. The molecule has 1 saturated heterocycles. The smallest absolute Gasteiger partial charge is 0.329 e. The van der Waals surface area contributed by atoms with E-state index < -0.39 is 24.4 Å². The number of hydrogen-bond acceptors (Lipinski definition) is 4. The van der Waals surface area contributed by atoms with Gasteiger partial charge in [0.15, 0.2) is 0 Å². The van der Waals surface area contributed by atoms with Crippen LogP contribution in [0.25, 0.3) is 17.4 Å². The van der Waals surface area contributed by atoms with Gasteiger partial charge in [0.25, 0.3) is 5.91 Å². The minimum absolute atomic E-state index is 0.0313. The number of amides is 4. The van der Waals surface area contributed by atoms with E-state index in [1.165, 1.54) is 6.08 Å². The van der Waals surface area contributed by atoms with Crippen molar-refractivity contribution in [3.05, 3.63) is 82.7 Å². The van der Waals surface area contributed by atoms with Crippen molar-refractivity contribution in [1.29, 1.82) is 0 Å². The number of anilines is 1. The van der Waals surface area contributed by atoms with E-state index in [0.717, 1.165) is 22.4 Å². The first-order chi connectivity index (χ1) is 15.4. The lowest BCUT2D eigenvalue weighted by Crippen LogP contribution is -2.38. The predicted octanol–water partition coefficient (Wildman–Crippen LogP) is 4.69. The van der Waals surface area contributed by atoms with Crippen LogP contribution in [0.1, 0.15) is 18.2 Å². The summed E-state index contributed by atoms with van der Waals surface area (Å²) in [6.45, 7) is 1.58. The van der Waals surface area contributed by atoms with Gasteiger partial charge in [-0.05, 0) is 42.3 Å². The van der Waals surface area contributed by atoms with Gasteiger partial charge in [0, 0.05) is 22.3 Å². The lowest BCUT2D eigenvalue weighted by Gasteiger charge is -2.13. The van der Waals surface area contributed by atoms with Crippen molar-refractivity contribution in [2.75, 3.05) is 11.9 Å². The molecule has 4 rings (SSSR count). The molecule has 2 N–H and O–H groups in total. The van der Waals surface area contributed by atoms with Gasteiger partial charge in [-0.15, -0.1) is 0 Å². The van der Waals surface area contributed by atoms with E-state index in [-0.39, 0.29) is 5.70 Å². The van der Waals surface area contributed by atoms with Crippen LogP contribution in [0.5, 0.6) is 0 Å². The number of halogens is 1. The summed E-state index contributed by atoms with van der Waals surface area (Å²) in [7, 11) is 0. The molecule has 8 heteroatoms. The number of rotatable bonds is 6. The molecule has 0 spiro atoms. The number of nitrogens with one attached hydrogen (secondary N) is 2. The highest BCUT2D eigenvalue weighted by Crippen LogP contribution is 2.26. The van der Waals surface area contributed by atoms with Crippen LogP contribution < -0.4 is 10.6 Å². The molecule has 32 heavy (non-hydrogen) atoms. The molecule has 0 saturated carbocycles. The quantitative estimate of drug-likeness (QED) is 0.421. The van der Waals surface area contributed by atoms with E-state index in [1.54, 1.807) is 36.4 Å². The van der Waals surface area contributed by atoms with E-state index >= 15 is 0 Å². The zero-order valence-corrected chi connectivity index (χ0v) is 18.0. The molecule has 4 amide bonds. The third kappa shape index (κ3) is 4.58. The van der Waals surface area contributed by atoms with E-state index in [4.69, 9.17) is 16.0 Å². The highest BCUT2D eigenvalue weighted by molar-refractivity contribution is 6.30. The molecule has 1 fully saturated rings. The van der Waals surface area contributed by atoms with Crippen molar-refractivity contribution in [2.45, 2.75) is 13.3 Å². The van der Waals surface area contributed by atoms with Crippen LogP contribution in [-0.4, -0.2) is 29.3 Å². The molecule has 2 heterocycles. The lowest BCUT2D eigenvalue weighted by atomic mass is 10.1. The van der Waals surface area contributed by atoms with Crippen molar-refractivity contribution >= 4 is 41.2 Å². The third-order valence-electron chi connectivity index (χ3n) is 4.96. The number of carbonyl (C=O) groups excluding carboxylic acids is 3. The van der Waals surface area contributed by atoms with Crippen LogP contribution in [0, 0.1) is 0 Å². The first-order valence-corrected chi connectivity index (χ1v) is 10.4. The Morgan fingerprint density at radius 3 is 2.72 bits per heavy atom. The molecular formula is C24H20ClN3O4. The van der Waals surface area contributed by atoms with Crippen molar-refractivity contribution in [3.63, 3.8) is 0 Å². The topological polar surface area (TPSA) is 91.7 Å². The summed E-state index contributed by atoms with van der Waals surface area (Å²) in [5.41, 5.74) is 2.44. The average molecular weight is 450 g/mol. The Bertz CT molecular complexity index is 1230. The van der Waals surface area contributed by atoms with Crippen LogP contribution in [0.15, 0.2) is 70.8 Å². The van der Waals surface area contributed by atoms with Crippen molar-refractivity contribution in [1.82, 2.24) is 10.2 Å². The molecule has 3 aromatic rings. The van der Waals surface area contributed by atoms with E-state index in [9.17, 15) is 14.4 Å². The fourth-order valence-electron chi connectivity index (χ4n) is 3.37. The molecule has 0 aliphatic carbocycles. The Morgan fingerprint density at radius 2 is 1.94 bits per heavy atom. The predicted molar refractivity (Wildman–Crippen MR) is 122 cm³/mol. The second-order valence-corrected chi connectivity index (χ2v) is 7.59. The second kappa shape index (κ2) is 9.11. The van der Waals surface area contributed by atoms with Crippen molar-refractivity contribution in [3.8, 4) is 11.3 Å². The molecule has 7 nitrogen and oxygen atoms in total. The fourth-order valence-corrected chi connectivity index (χ4v) is 3.56. The summed E-state index contributed by atoms with van der Waals surface area (Å²) < 4.78 is 5.75. The molecule has 1 aliphatic heterocycles. The lowest BCUT2D eigenvalue weighted by molar-refractivity contribution is -0.127. The summed E-state index contributed by atoms with van der Waals surface area (Å²) in [5, 5.41) is 5.82. The number of hydrogen-bond donors (Lipinski definition) is 2. The van der Waals surface area contributed by atoms with E-state index in [1.807, 2.05) is 31.2 Å². The van der Waals surface area contributed by atoms with Gasteiger partial charge in [0.1, 0.15) is 23.8 Å². The van der Waals surface area contributed by atoms with Gasteiger partial charge < -0.3 is 15.1 Å². The molecule has 2 aromatic carbocycles. The molecule has 162 valence electrons. The van der Waals surface area contributed by atoms with Crippen LogP contribution in [0.3, 0.4) is 0 Å². The number of carbonyl (C=O) groups is 3. The second-order valence-electron chi connectivity index (χ2n) is 7.15. The van der Waals surface area contributed by atoms with E-state index in [2.05, 4.69) is 10.6 Å². The summed E-state index contributed by atoms with van der Waals surface area (Å²) in [4.78, 5) is 38.3. The zero-order chi connectivity index (χ0) is 22.7. The van der Waals surface area contributed by atoms with Crippen LogP contribution in [0.4, 0.5) is 10.5 Å². The van der Waals surface area contributed by atoms with Gasteiger partial charge in [0.2, 0.25) is 5.91 Å². The number of nitrogens with zero attached hydrogens (tertiary/aromatic N) is 1. The van der Waals surface area contributed by atoms with Gasteiger partial charge in [-0.1, -0.05) is 48.9 Å². The summed E-state index contributed by atoms with van der Waals surface area (Å²) in [6, 6.07) is 17.3. The Morgan fingerprint density at radius 1 is 1.12 bits per heavy atom. The van der Waals surface area contributed by atoms with Crippen molar-refractivity contribution < 1.29 is 18.8 Å². The van der Waals surface area contributed by atoms with Gasteiger partial charge in [-0.3, -0.25) is 9.59 Å². The molecule has 0 unspecified atom stereocenters. The maximum Gasteiger partial charge on any atom is 0.329 e. The first-order valence-electron chi connectivity index (χ1n) is 10.0. The Balaban J connectivity index is 1.46. The maximum atomic E-state index is 12.7. The largest absolute Gasteiger partial charge is 0.457 e. The number of para-hydroxylation sites is 1. The zero-order valence-electron chi connectivity index (χ0n) is 17.2. The first kappa shape index (κ1) is 21.4. The van der Waals surface area contributed by atoms with Gasteiger partial charge in [0.05, 0.1) is 0 Å². The highest BCUT2D eigenvalue weighted by Gasteiger charge is 2.35. The SMILES string of the molecule is CCc1ccccc1NC(=O)CN1C(=O)N/C(=C/c2ccc(-c3cccc(Cl)c3)o2)C1=O. The number of imide groups is 1. The monoisotopic (exact) mass is 449 g/mol. The van der Waals surface area contributed by atoms with Gasteiger partial charge >= 0.3 is 6.03 Å². The Hall–Kier alpha value is -3.84. The Labute approximate surface area is 189 Å². The fraction of sp³-hybridized carbons (Fsp3) is 0.125. The van der Waals surface area contributed by atoms with E-state index in [0.29, 0.717) is 22.2 Å². The summed E-state index contributed by atoms with van der Waals surface area (Å²) in [5.74, 6) is -0.111. The Kier molecular flexibility index (Phi) is 6.09.